The molecule has 1 aromatic rings. The van der Waals surface area contributed by atoms with Crippen LogP contribution in [0.2, 0.25) is 0 Å². The summed E-state index contributed by atoms with van der Waals surface area (Å²) in [5.74, 6) is -0.0542. The van der Waals surface area contributed by atoms with Gasteiger partial charge in [-0.15, -0.1) is 0 Å². The van der Waals surface area contributed by atoms with E-state index in [0.717, 1.165) is 5.56 Å². The van der Waals surface area contributed by atoms with Gasteiger partial charge in [0.2, 0.25) is 10.0 Å². The molecule has 0 fully saturated rings. The van der Waals surface area contributed by atoms with Gasteiger partial charge in [-0.1, -0.05) is 18.2 Å². The third-order valence-electron chi connectivity index (χ3n) is 1.80. The van der Waals surface area contributed by atoms with Crippen LogP contribution in [0.5, 0.6) is 0 Å². The fourth-order valence-electron chi connectivity index (χ4n) is 1.06. The minimum Gasteiger partial charge on any atom is -0.329 e. The van der Waals surface area contributed by atoms with E-state index in [9.17, 15) is 8.42 Å². The lowest BCUT2D eigenvalue weighted by Gasteiger charge is -2.08. The lowest BCUT2D eigenvalue weighted by molar-refractivity contribution is 0.601. The van der Waals surface area contributed by atoms with Gasteiger partial charge in [0.1, 0.15) is 0 Å². The molecule has 0 aromatic heterocycles. The predicted molar refractivity (Wildman–Crippen MR) is 57.6 cm³/mol. The van der Waals surface area contributed by atoms with E-state index < -0.39 is 10.0 Å². The molecular weight excluding hydrogens is 200 g/mol. The van der Waals surface area contributed by atoms with E-state index in [1.54, 1.807) is 12.1 Å². The van der Waals surface area contributed by atoms with Crippen LogP contribution >= 0.6 is 0 Å². The van der Waals surface area contributed by atoms with Crippen molar-refractivity contribution in [3.63, 3.8) is 0 Å². The normalized spacial score (nSPS) is 11.3. The largest absolute Gasteiger partial charge is 0.329 e. The minimum atomic E-state index is -3.28. The van der Waals surface area contributed by atoms with Gasteiger partial charge in [0.15, 0.2) is 0 Å². The Bertz CT molecular complexity index is 401. The van der Waals surface area contributed by atoms with Crippen molar-refractivity contribution in [3.8, 4) is 0 Å². The monoisotopic (exact) mass is 214 g/mol. The Balaban J connectivity index is 2.84. The van der Waals surface area contributed by atoms with E-state index in [1.807, 2.05) is 19.1 Å². The lowest BCUT2D eigenvalue weighted by atomic mass is 10.2. The van der Waals surface area contributed by atoms with Crippen LogP contribution in [0.4, 0.5) is 5.69 Å². The average molecular weight is 214 g/mol. The van der Waals surface area contributed by atoms with Crippen LogP contribution in [-0.4, -0.2) is 20.7 Å². The van der Waals surface area contributed by atoms with Gasteiger partial charge >= 0.3 is 0 Å². The quantitative estimate of drug-likeness (QED) is 0.774. The van der Waals surface area contributed by atoms with E-state index in [-0.39, 0.29) is 12.3 Å². The zero-order valence-corrected chi connectivity index (χ0v) is 8.84. The van der Waals surface area contributed by atoms with Crippen molar-refractivity contribution < 1.29 is 8.42 Å². The van der Waals surface area contributed by atoms with Crippen molar-refractivity contribution in [3.05, 3.63) is 29.8 Å². The zero-order chi connectivity index (χ0) is 10.6. The number of hydrogen-bond donors (Lipinski definition) is 2. The smallest absolute Gasteiger partial charge is 0.233 e. The van der Waals surface area contributed by atoms with Crippen molar-refractivity contribution >= 4 is 15.7 Å². The standard InChI is InChI=1S/C9H14N2O2S/c1-8-4-2-3-5-9(8)11-14(12,13)7-6-10/h2-5,11H,6-7,10H2,1H3. The van der Waals surface area contributed by atoms with E-state index in [0.29, 0.717) is 5.69 Å². The number of nitrogens with one attached hydrogen (secondary N) is 1. The Labute approximate surface area is 84.2 Å². The van der Waals surface area contributed by atoms with Gasteiger partial charge in [-0.25, -0.2) is 8.42 Å². The summed E-state index contributed by atoms with van der Waals surface area (Å²) < 4.78 is 25.2. The fourth-order valence-corrected chi connectivity index (χ4v) is 2.04. The second kappa shape index (κ2) is 4.43. The Morgan fingerprint density at radius 2 is 2.00 bits per heavy atom. The molecule has 1 rings (SSSR count). The van der Waals surface area contributed by atoms with Crippen LogP contribution < -0.4 is 10.5 Å². The summed E-state index contributed by atoms with van der Waals surface area (Å²) in [7, 11) is -3.28. The predicted octanol–water partition coefficient (Wildman–Crippen LogP) is 0.695. The second-order valence-electron chi connectivity index (χ2n) is 3.02. The van der Waals surface area contributed by atoms with Crippen LogP contribution in [0.1, 0.15) is 5.56 Å². The van der Waals surface area contributed by atoms with Gasteiger partial charge in [0.05, 0.1) is 11.4 Å². The SMILES string of the molecule is Cc1ccccc1NS(=O)(=O)CCN. The first kappa shape index (κ1) is 11.0. The van der Waals surface area contributed by atoms with E-state index in [1.165, 1.54) is 0 Å². The Hall–Kier alpha value is -1.07. The van der Waals surface area contributed by atoms with E-state index in [2.05, 4.69) is 4.72 Å². The topological polar surface area (TPSA) is 72.2 Å². The molecule has 0 amide bonds. The summed E-state index contributed by atoms with van der Waals surface area (Å²) in [6.07, 6.45) is 0. The van der Waals surface area contributed by atoms with Crippen LogP contribution in [0, 0.1) is 6.92 Å². The highest BCUT2D eigenvalue weighted by Gasteiger charge is 2.09. The van der Waals surface area contributed by atoms with Gasteiger partial charge in [-0.05, 0) is 18.6 Å². The molecule has 0 aliphatic heterocycles. The molecule has 0 heterocycles. The molecule has 0 aliphatic carbocycles. The first-order chi connectivity index (χ1) is 6.55. The molecular formula is C9H14N2O2S. The first-order valence-electron chi connectivity index (χ1n) is 4.31. The lowest BCUT2D eigenvalue weighted by Crippen LogP contribution is -2.22. The molecule has 14 heavy (non-hydrogen) atoms. The summed E-state index contributed by atoms with van der Waals surface area (Å²) in [6, 6.07) is 7.22. The van der Waals surface area contributed by atoms with E-state index >= 15 is 0 Å². The minimum absolute atomic E-state index is 0.0542. The summed E-state index contributed by atoms with van der Waals surface area (Å²) >= 11 is 0. The van der Waals surface area contributed by atoms with Crippen LogP contribution in [0.3, 0.4) is 0 Å². The summed E-state index contributed by atoms with van der Waals surface area (Å²) in [5.41, 5.74) is 6.70. The maximum Gasteiger partial charge on any atom is 0.233 e. The number of aryl methyl sites for hydroxylation is 1. The summed E-state index contributed by atoms with van der Waals surface area (Å²) in [5, 5.41) is 0. The molecule has 3 N–H and O–H groups in total. The first-order valence-corrected chi connectivity index (χ1v) is 5.96. The van der Waals surface area contributed by atoms with Crippen LogP contribution in [0.25, 0.3) is 0 Å². The molecule has 5 heteroatoms. The highest BCUT2D eigenvalue weighted by atomic mass is 32.2. The molecule has 0 radical (unpaired) electrons. The number of para-hydroxylation sites is 1. The number of rotatable bonds is 4. The van der Waals surface area contributed by atoms with Gasteiger partial charge in [-0.3, -0.25) is 4.72 Å². The molecule has 0 saturated carbocycles. The van der Waals surface area contributed by atoms with Crippen molar-refractivity contribution in [2.45, 2.75) is 6.92 Å². The number of hydrogen-bond acceptors (Lipinski definition) is 3. The third kappa shape index (κ3) is 3.01. The molecule has 0 aliphatic rings. The van der Waals surface area contributed by atoms with E-state index in [4.69, 9.17) is 5.73 Å². The zero-order valence-electron chi connectivity index (χ0n) is 8.03. The number of benzene rings is 1. The maximum absolute atomic E-state index is 11.4. The molecule has 0 spiro atoms. The van der Waals surface area contributed by atoms with Crippen molar-refractivity contribution in [2.24, 2.45) is 5.73 Å². The van der Waals surface area contributed by atoms with Gasteiger partial charge < -0.3 is 5.73 Å². The highest BCUT2D eigenvalue weighted by molar-refractivity contribution is 7.92. The van der Waals surface area contributed by atoms with Crippen molar-refractivity contribution in [1.82, 2.24) is 0 Å². The summed E-state index contributed by atoms with van der Waals surface area (Å²) in [6.45, 7) is 1.97. The van der Waals surface area contributed by atoms with Gasteiger partial charge in [-0.2, -0.15) is 0 Å². The summed E-state index contributed by atoms with van der Waals surface area (Å²) in [4.78, 5) is 0. The number of sulfonamides is 1. The fraction of sp³-hybridized carbons (Fsp3) is 0.333. The third-order valence-corrected chi connectivity index (χ3v) is 3.10. The molecule has 0 atom stereocenters. The van der Waals surface area contributed by atoms with Crippen LogP contribution in [0.15, 0.2) is 24.3 Å². The Kier molecular flexibility index (Phi) is 3.49. The second-order valence-corrected chi connectivity index (χ2v) is 4.87. The molecule has 0 bridgehead atoms. The van der Waals surface area contributed by atoms with Crippen molar-refractivity contribution in [1.29, 1.82) is 0 Å². The Morgan fingerprint density at radius 3 is 2.57 bits per heavy atom. The number of nitrogens with two attached hydrogens (primary N) is 1. The van der Waals surface area contributed by atoms with Crippen molar-refractivity contribution in [2.75, 3.05) is 17.0 Å². The Morgan fingerprint density at radius 1 is 1.36 bits per heavy atom. The highest BCUT2D eigenvalue weighted by Crippen LogP contribution is 2.14. The molecule has 78 valence electrons. The van der Waals surface area contributed by atoms with Gasteiger partial charge in [0, 0.05) is 6.54 Å². The van der Waals surface area contributed by atoms with Gasteiger partial charge in [0.25, 0.3) is 0 Å². The molecule has 1 aromatic carbocycles. The average Bonchev–Trinajstić information content (AvgIpc) is 2.08. The molecule has 0 saturated heterocycles. The number of anilines is 1. The molecule has 4 nitrogen and oxygen atoms in total. The molecule has 0 unspecified atom stereocenters. The maximum atomic E-state index is 11.4. The van der Waals surface area contributed by atoms with Crippen LogP contribution in [-0.2, 0) is 10.0 Å².